The van der Waals surface area contributed by atoms with Gasteiger partial charge in [-0.2, -0.15) is 13.2 Å². The molecule has 0 radical (unpaired) electrons. The van der Waals surface area contributed by atoms with Crippen molar-refractivity contribution in [2.45, 2.75) is 20.0 Å². The number of anilines is 1. The Morgan fingerprint density at radius 3 is 2.40 bits per heavy atom. The Kier molecular flexibility index (Phi) is 5.77. The second-order valence-corrected chi connectivity index (χ2v) is 6.36. The summed E-state index contributed by atoms with van der Waals surface area (Å²) in [6, 6.07) is 1.83. The van der Waals surface area contributed by atoms with Crippen LogP contribution in [0.2, 0.25) is 0 Å². The molecule has 0 amide bonds. The zero-order chi connectivity index (χ0) is 18.8. The number of allylic oxidation sites excluding steroid dienone is 2. The van der Waals surface area contributed by atoms with Crippen molar-refractivity contribution in [1.82, 2.24) is 9.47 Å². The highest BCUT2D eigenvalue weighted by molar-refractivity contribution is 5.48. The Bertz CT molecular complexity index is 816. The van der Waals surface area contributed by atoms with Gasteiger partial charge in [0.25, 0.3) is 5.56 Å². The number of aromatic nitrogens is 1. The molecule has 1 aromatic heterocycles. The minimum absolute atomic E-state index is 0.151. The summed E-state index contributed by atoms with van der Waals surface area (Å²) in [7, 11) is 1.68. The molecule has 0 atom stereocenters. The van der Waals surface area contributed by atoms with Crippen LogP contribution in [0.25, 0.3) is 12.7 Å². The van der Waals surface area contributed by atoms with Crippen LogP contribution in [0.15, 0.2) is 22.5 Å². The summed E-state index contributed by atoms with van der Waals surface area (Å²) in [5.41, 5.74) is 0.817. The van der Waals surface area contributed by atoms with E-state index in [1.165, 1.54) is 4.90 Å². The molecule has 0 unspecified atom stereocenters. The van der Waals surface area contributed by atoms with Gasteiger partial charge in [-0.05, 0) is 31.2 Å². The summed E-state index contributed by atoms with van der Waals surface area (Å²) in [5, 5.41) is 1.16. The van der Waals surface area contributed by atoms with Crippen molar-refractivity contribution in [1.29, 1.82) is 0 Å². The number of hydrogen-bond acceptors (Lipinski definition) is 3. The fourth-order valence-corrected chi connectivity index (χ4v) is 2.91. The molecule has 0 bridgehead atoms. The Balaban J connectivity index is 2.27. The highest BCUT2D eigenvalue weighted by atomic mass is 19.4. The smallest absolute Gasteiger partial charge is 0.355 e. The fourth-order valence-electron chi connectivity index (χ4n) is 2.91. The van der Waals surface area contributed by atoms with Gasteiger partial charge in [-0.1, -0.05) is 18.2 Å². The Morgan fingerprint density at radius 1 is 1.28 bits per heavy atom. The minimum atomic E-state index is -4.18. The molecule has 1 aliphatic rings. The van der Waals surface area contributed by atoms with Crippen LogP contribution in [-0.2, 0) is 7.05 Å². The van der Waals surface area contributed by atoms with Gasteiger partial charge in [-0.15, -0.1) is 0 Å². The SMILES string of the molecule is C=c1cc(N2CCN(CC(F)(F)F)CC2)n(C)c(=O)/c1=C/C(C)=C\C. The van der Waals surface area contributed by atoms with E-state index in [2.05, 4.69) is 6.58 Å². The van der Waals surface area contributed by atoms with Crippen molar-refractivity contribution in [3.05, 3.63) is 38.5 Å². The fraction of sp³-hybridized carbons (Fsp3) is 0.500. The van der Waals surface area contributed by atoms with Crippen LogP contribution in [0.4, 0.5) is 19.0 Å². The summed E-state index contributed by atoms with van der Waals surface area (Å²) >= 11 is 0. The summed E-state index contributed by atoms with van der Waals surface area (Å²) in [4.78, 5) is 16.0. The average molecular weight is 355 g/mol. The maximum atomic E-state index is 12.6. The van der Waals surface area contributed by atoms with Crippen molar-refractivity contribution in [3.63, 3.8) is 0 Å². The van der Waals surface area contributed by atoms with Crippen molar-refractivity contribution in [2.24, 2.45) is 7.05 Å². The maximum absolute atomic E-state index is 12.6. The predicted molar refractivity (Wildman–Crippen MR) is 95.1 cm³/mol. The highest BCUT2D eigenvalue weighted by Gasteiger charge is 2.32. The van der Waals surface area contributed by atoms with Gasteiger partial charge in [0.1, 0.15) is 5.82 Å². The van der Waals surface area contributed by atoms with E-state index in [4.69, 9.17) is 0 Å². The molecule has 0 N–H and O–H groups in total. The minimum Gasteiger partial charge on any atom is -0.355 e. The number of piperazine rings is 1. The number of nitrogens with zero attached hydrogens (tertiary/aromatic N) is 3. The van der Waals surface area contributed by atoms with Gasteiger partial charge in [0, 0.05) is 38.4 Å². The molecule has 4 nitrogen and oxygen atoms in total. The van der Waals surface area contributed by atoms with Gasteiger partial charge in [0.05, 0.1) is 6.54 Å². The first-order valence-electron chi connectivity index (χ1n) is 8.20. The van der Waals surface area contributed by atoms with E-state index < -0.39 is 12.7 Å². The first kappa shape index (κ1) is 19.3. The standard InChI is InChI=1S/C18H24F3N3O/c1-5-13(2)10-15-14(3)11-16(22(4)17(15)25)24-8-6-23(7-9-24)12-18(19,20)21/h5,10-11H,3,6-9,12H2,1-2,4H3/b13-5-,15-10+. The Labute approximate surface area is 145 Å². The number of alkyl halides is 3. The van der Waals surface area contributed by atoms with Crippen molar-refractivity contribution in [3.8, 4) is 0 Å². The molecule has 2 rings (SSSR count). The van der Waals surface area contributed by atoms with Crippen molar-refractivity contribution >= 4 is 18.5 Å². The summed E-state index contributed by atoms with van der Waals surface area (Å²) in [5.74, 6) is 0.692. The molecule has 0 saturated carbocycles. The molecule has 0 aromatic carbocycles. The monoisotopic (exact) mass is 355 g/mol. The number of halogens is 3. The van der Waals surface area contributed by atoms with Gasteiger partial charge in [-0.3, -0.25) is 14.3 Å². The molecule has 1 aliphatic heterocycles. The quantitative estimate of drug-likeness (QED) is 0.817. The lowest BCUT2D eigenvalue weighted by Crippen LogP contribution is -2.52. The highest BCUT2D eigenvalue weighted by Crippen LogP contribution is 2.19. The molecule has 1 fully saturated rings. The lowest BCUT2D eigenvalue weighted by Gasteiger charge is -2.36. The van der Waals surface area contributed by atoms with Crippen LogP contribution in [0.1, 0.15) is 13.8 Å². The molecule has 0 spiro atoms. The molecule has 7 heteroatoms. The second kappa shape index (κ2) is 7.47. The normalized spacial score (nSPS) is 18.1. The number of rotatable bonds is 3. The largest absolute Gasteiger partial charge is 0.401 e. The van der Waals surface area contributed by atoms with Crippen LogP contribution >= 0.6 is 0 Å². The van der Waals surface area contributed by atoms with E-state index in [1.54, 1.807) is 17.7 Å². The molecule has 1 aromatic rings. The molecule has 1 saturated heterocycles. The molecular weight excluding hydrogens is 331 g/mol. The van der Waals surface area contributed by atoms with Crippen LogP contribution in [0, 0.1) is 0 Å². The van der Waals surface area contributed by atoms with Crippen molar-refractivity contribution < 1.29 is 13.2 Å². The van der Waals surface area contributed by atoms with Crippen molar-refractivity contribution in [2.75, 3.05) is 37.6 Å². The lowest BCUT2D eigenvalue weighted by molar-refractivity contribution is -0.146. The molecular formula is C18H24F3N3O. The lowest BCUT2D eigenvalue weighted by atomic mass is 10.2. The van der Waals surface area contributed by atoms with E-state index in [-0.39, 0.29) is 5.56 Å². The van der Waals surface area contributed by atoms with Gasteiger partial charge < -0.3 is 4.90 Å². The third-order valence-corrected chi connectivity index (χ3v) is 4.45. The van der Waals surface area contributed by atoms with E-state index in [1.807, 2.05) is 30.9 Å². The third-order valence-electron chi connectivity index (χ3n) is 4.45. The number of hydrogen-bond donors (Lipinski definition) is 0. The van der Waals surface area contributed by atoms with Crippen LogP contribution < -0.4 is 20.9 Å². The van der Waals surface area contributed by atoms with Gasteiger partial charge >= 0.3 is 6.18 Å². The van der Waals surface area contributed by atoms with Gasteiger partial charge in [-0.25, -0.2) is 0 Å². The zero-order valence-corrected chi connectivity index (χ0v) is 14.9. The molecule has 0 aliphatic carbocycles. The van der Waals surface area contributed by atoms with Crippen LogP contribution in [0.5, 0.6) is 0 Å². The second-order valence-electron chi connectivity index (χ2n) is 6.36. The summed E-state index contributed by atoms with van der Waals surface area (Å²) in [6.07, 6.45) is -0.472. The van der Waals surface area contributed by atoms with E-state index in [0.29, 0.717) is 42.4 Å². The van der Waals surface area contributed by atoms with Crippen LogP contribution in [0.3, 0.4) is 0 Å². The van der Waals surface area contributed by atoms with E-state index in [9.17, 15) is 18.0 Å². The topological polar surface area (TPSA) is 28.5 Å². The molecule has 138 valence electrons. The molecule has 25 heavy (non-hydrogen) atoms. The summed E-state index contributed by atoms with van der Waals surface area (Å²) < 4.78 is 39.0. The first-order chi connectivity index (χ1) is 11.6. The molecule has 2 heterocycles. The van der Waals surface area contributed by atoms with E-state index in [0.717, 1.165) is 5.57 Å². The van der Waals surface area contributed by atoms with Crippen LogP contribution in [-0.4, -0.2) is 48.4 Å². The first-order valence-corrected chi connectivity index (χ1v) is 8.20. The zero-order valence-electron chi connectivity index (χ0n) is 14.9. The van der Waals surface area contributed by atoms with Gasteiger partial charge in [0.15, 0.2) is 0 Å². The third kappa shape index (κ3) is 4.75. The van der Waals surface area contributed by atoms with E-state index >= 15 is 0 Å². The predicted octanol–water partition coefficient (Wildman–Crippen LogP) is 1.23. The number of pyridine rings is 1. The summed E-state index contributed by atoms with van der Waals surface area (Å²) in [6.45, 7) is 8.40. The Hall–Kier alpha value is -2.02. The Morgan fingerprint density at radius 2 is 1.88 bits per heavy atom. The average Bonchev–Trinajstić information content (AvgIpc) is 2.54. The maximum Gasteiger partial charge on any atom is 0.401 e. The van der Waals surface area contributed by atoms with Gasteiger partial charge in [0.2, 0.25) is 0 Å².